The molecule has 0 saturated carbocycles. The molecule has 190 valence electrons. The molecule has 0 aromatic heterocycles. The van der Waals surface area contributed by atoms with Crippen LogP contribution in [0.1, 0.15) is 94.2 Å². The number of hydrogen-bond donors (Lipinski definition) is 0. The van der Waals surface area contributed by atoms with E-state index < -0.39 is 16.1 Å². The molecular formula is C30H50O2Si2. The van der Waals surface area contributed by atoms with Gasteiger partial charge in [-0.05, 0) is 45.4 Å². The van der Waals surface area contributed by atoms with Crippen LogP contribution in [0.25, 0.3) is 0 Å². The van der Waals surface area contributed by atoms with E-state index in [4.69, 9.17) is 9.47 Å². The van der Waals surface area contributed by atoms with E-state index in [0.29, 0.717) is 44.7 Å². The lowest BCUT2D eigenvalue weighted by Crippen LogP contribution is -2.43. The van der Waals surface area contributed by atoms with E-state index >= 15 is 0 Å². The Morgan fingerprint density at radius 2 is 0.735 bits per heavy atom. The van der Waals surface area contributed by atoms with Crippen molar-refractivity contribution in [2.24, 2.45) is 0 Å². The zero-order valence-electron chi connectivity index (χ0n) is 24.4. The van der Waals surface area contributed by atoms with E-state index in [9.17, 15) is 0 Å². The first-order chi connectivity index (χ1) is 15.7. The van der Waals surface area contributed by atoms with Gasteiger partial charge < -0.3 is 9.47 Å². The second-order valence-corrected chi connectivity index (χ2v) is 22.7. The maximum absolute atomic E-state index is 5.86. The smallest absolute Gasteiger partial charge is 0.177 e. The molecule has 2 nitrogen and oxygen atoms in total. The van der Waals surface area contributed by atoms with E-state index in [0.717, 1.165) is 11.1 Å². The van der Waals surface area contributed by atoms with Crippen LogP contribution < -0.4 is 9.47 Å². The average molecular weight is 499 g/mol. The van der Waals surface area contributed by atoms with Gasteiger partial charge in [-0.2, -0.15) is 0 Å². The number of hydrogen-bond acceptors (Lipinski definition) is 2. The van der Waals surface area contributed by atoms with Crippen LogP contribution in [0.3, 0.4) is 0 Å². The molecule has 0 saturated heterocycles. The first-order valence-electron chi connectivity index (χ1n) is 13.0. The first kappa shape index (κ1) is 30.4. The Morgan fingerprint density at radius 1 is 0.500 bits per heavy atom. The molecule has 0 spiro atoms. The van der Waals surface area contributed by atoms with E-state index in [2.05, 4.69) is 118 Å². The van der Waals surface area contributed by atoms with Crippen molar-refractivity contribution >= 4 is 16.1 Å². The van der Waals surface area contributed by atoms with E-state index in [1.165, 1.54) is 0 Å². The molecule has 0 bridgehead atoms. The minimum atomic E-state index is -1.85. The zero-order valence-corrected chi connectivity index (χ0v) is 26.4. The van der Waals surface area contributed by atoms with Crippen molar-refractivity contribution in [2.45, 2.75) is 116 Å². The monoisotopic (exact) mass is 498 g/mol. The molecule has 4 heteroatoms. The van der Waals surface area contributed by atoms with Gasteiger partial charge in [0.2, 0.25) is 0 Å². The van der Waals surface area contributed by atoms with E-state index in [1.807, 2.05) is 0 Å². The van der Waals surface area contributed by atoms with Crippen molar-refractivity contribution in [3.8, 4) is 34.4 Å². The van der Waals surface area contributed by atoms with Gasteiger partial charge in [-0.1, -0.05) is 94.9 Å². The van der Waals surface area contributed by atoms with Crippen LogP contribution in [0.2, 0.25) is 33.2 Å². The Bertz CT molecular complexity index is 814. The Morgan fingerprint density at radius 3 is 0.912 bits per heavy atom. The molecule has 0 N–H and O–H groups in total. The third-order valence-electron chi connectivity index (χ3n) is 8.08. The van der Waals surface area contributed by atoms with Crippen LogP contribution in [-0.2, 0) is 0 Å². The fraction of sp³-hybridized carbons (Fsp3) is 0.667. The van der Waals surface area contributed by atoms with Crippen molar-refractivity contribution in [1.82, 2.24) is 0 Å². The maximum atomic E-state index is 5.86. The van der Waals surface area contributed by atoms with Crippen molar-refractivity contribution in [3.63, 3.8) is 0 Å². The predicted octanol–water partition coefficient (Wildman–Crippen LogP) is 8.84. The molecule has 0 unspecified atom stereocenters. The zero-order chi connectivity index (χ0) is 26.4. The molecule has 1 aromatic carbocycles. The third kappa shape index (κ3) is 5.77. The minimum absolute atomic E-state index is 0.583. The van der Waals surface area contributed by atoms with Crippen LogP contribution in [0.4, 0.5) is 0 Å². The quantitative estimate of drug-likeness (QED) is 0.263. The Kier molecular flexibility index (Phi) is 11.1. The predicted molar refractivity (Wildman–Crippen MR) is 155 cm³/mol. The van der Waals surface area contributed by atoms with E-state index in [1.54, 1.807) is 14.2 Å². The van der Waals surface area contributed by atoms with Crippen molar-refractivity contribution in [1.29, 1.82) is 0 Å². The molecule has 1 aromatic rings. The molecule has 0 atom stereocenters. The molecule has 0 aliphatic carbocycles. The summed E-state index contributed by atoms with van der Waals surface area (Å²) in [5.74, 6) is 8.49. The normalized spacial score (nSPS) is 12.4. The fourth-order valence-corrected chi connectivity index (χ4v) is 16.8. The summed E-state index contributed by atoms with van der Waals surface area (Å²) in [4.78, 5) is 0. The topological polar surface area (TPSA) is 18.5 Å². The molecular weight excluding hydrogens is 449 g/mol. The maximum Gasteiger partial charge on any atom is 0.177 e. The molecule has 0 aliphatic rings. The van der Waals surface area contributed by atoms with Crippen LogP contribution in [0, 0.1) is 22.9 Å². The van der Waals surface area contributed by atoms with Crippen LogP contribution in [-0.4, -0.2) is 30.4 Å². The fourth-order valence-electron chi connectivity index (χ4n) is 6.38. The highest BCUT2D eigenvalue weighted by atomic mass is 28.3. The largest absolute Gasteiger partial charge is 0.492 e. The summed E-state index contributed by atoms with van der Waals surface area (Å²) in [5, 5.41) is 0. The van der Waals surface area contributed by atoms with Gasteiger partial charge in [-0.15, -0.1) is 11.1 Å². The standard InChI is InChI=1S/C30H50O2Si2/c1-21(2)33(22(3)4,23(5)6)19-17-27-15-16-28(30(32-14)29(27)31-13)18-20-34(24(7)8,25(9)10)26(11)12/h15-16,21-26H,1-14H3. The highest BCUT2D eigenvalue weighted by Gasteiger charge is 2.42. The Labute approximate surface area is 213 Å². The summed E-state index contributed by atoms with van der Waals surface area (Å²) in [6, 6.07) is 4.14. The van der Waals surface area contributed by atoms with Gasteiger partial charge in [0.05, 0.1) is 25.3 Å². The molecule has 0 aliphatic heterocycles. The first-order valence-corrected chi connectivity index (χ1v) is 17.5. The summed E-state index contributed by atoms with van der Waals surface area (Å²) in [6.07, 6.45) is 0. The summed E-state index contributed by atoms with van der Waals surface area (Å²) in [6.45, 7) is 28.1. The van der Waals surface area contributed by atoms with Crippen LogP contribution in [0.5, 0.6) is 11.5 Å². The molecule has 0 fully saturated rings. The summed E-state index contributed by atoms with van der Waals surface area (Å²) in [7, 11) is -0.286. The van der Waals surface area contributed by atoms with Gasteiger partial charge in [0.15, 0.2) is 11.5 Å². The van der Waals surface area contributed by atoms with Crippen LogP contribution >= 0.6 is 0 Å². The third-order valence-corrected chi connectivity index (χ3v) is 20.7. The highest BCUT2D eigenvalue weighted by Crippen LogP contribution is 2.43. The molecule has 0 radical (unpaired) electrons. The Hall–Kier alpha value is -1.63. The molecule has 0 amide bonds. The van der Waals surface area contributed by atoms with Crippen LogP contribution in [0.15, 0.2) is 12.1 Å². The lowest BCUT2D eigenvalue weighted by Gasteiger charge is -2.38. The van der Waals surface area contributed by atoms with Gasteiger partial charge in [0.25, 0.3) is 0 Å². The number of rotatable bonds is 8. The average Bonchev–Trinajstić information content (AvgIpc) is 2.72. The summed E-state index contributed by atoms with van der Waals surface area (Å²) in [5.41, 5.74) is 12.9. The summed E-state index contributed by atoms with van der Waals surface area (Å²) < 4.78 is 11.7. The lowest BCUT2D eigenvalue weighted by atomic mass is 10.1. The van der Waals surface area contributed by atoms with Crippen molar-refractivity contribution in [3.05, 3.63) is 23.3 Å². The minimum Gasteiger partial charge on any atom is -0.492 e. The molecule has 0 heterocycles. The number of benzene rings is 1. The number of methoxy groups -OCH3 is 2. The SMILES string of the molecule is COc1c(C#C[Si](C(C)C)(C(C)C)C(C)C)ccc(C#C[Si](C(C)C)(C(C)C)C(C)C)c1OC. The molecule has 1 rings (SSSR count). The Balaban J connectivity index is 3.75. The lowest BCUT2D eigenvalue weighted by molar-refractivity contribution is 0.353. The van der Waals surface area contributed by atoms with Gasteiger partial charge in [0, 0.05) is 0 Å². The van der Waals surface area contributed by atoms with Crippen molar-refractivity contribution in [2.75, 3.05) is 14.2 Å². The molecule has 34 heavy (non-hydrogen) atoms. The second kappa shape index (κ2) is 12.4. The highest BCUT2D eigenvalue weighted by molar-refractivity contribution is 6.91. The second-order valence-electron chi connectivity index (χ2n) is 11.5. The number of ether oxygens (including phenoxy) is 2. The summed E-state index contributed by atoms with van der Waals surface area (Å²) >= 11 is 0. The van der Waals surface area contributed by atoms with E-state index in [-0.39, 0.29) is 0 Å². The van der Waals surface area contributed by atoms with Crippen molar-refractivity contribution < 1.29 is 9.47 Å². The van der Waals surface area contributed by atoms with Gasteiger partial charge in [-0.25, -0.2) is 0 Å². The van der Waals surface area contributed by atoms with Gasteiger partial charge in [-0.3, -0.25) is 0 Å². The van der Waals surface area contributed by atoms with Gasteiger partial charge in [0.1, 0.15) is 16.1 Å². The van der Waals surface area contributed by atoms with Gasteiger partial charge >= 0.3 is 0 Å².